The van der Waals surface area contributed by atoms with Gasteiger partial charge in [0.1, 0.15) is 6.61 Å². The Bertz CT molecular complexity index is 1230. The Morgan fingerprint density at radius 3 is 2.93 bits per heavy atom. The number of cyclic esters (lactones) is 1. The second-order valence-electron chi connectivity index (χ2n) is 6.51. The van der Waals surface area contributed by atoms with Crippen LogP contribution < -0.4 is 11.4 Å². The molecular weight excluding hydrogens is 348 g/mol. The number of hydrogen-bond acceptors (Lipinski definition) is 7. The first kappa shape index (κ1) is 15.7. The molecule has 2 aliphatic rings. The van der Waals surface area contributed by atoms with E-state index in [-0.39, 0.29) is 23.3 Å². The summed E-state index contributed by atoms with van der Waals surface area (Å²) in [5.74, 6) is 4.65. The molecule has 0 spiro atoms. The van der Waals surface area contributed by atoms with Gasteiger partial charge in [-0.3, -0.25) is 4.79 Å². The molecule has 27 heavy (non-hydrogen) atoms. The van der Waals surface area contributed by atoms with Crippen molar-refractivity contribution in [3.63, 3.8) is 0 Å². The second-order valence-corrected chi connectivity index (χ2v) is 6.51. The van der Waals surface area contributed by atoms with Crippen molar-refractivity contribution < 1.29 is 14.6 Å². The van der Waals surface area contributed by atoms with Crippen molar-refractivity contribution in [1.82, 2.24) is 9.55 Å². The van der Waals surface area contributed by atoms with Gasteiger partial charge in [-0.1, -0.05) is 18.2 Å². The molecule has 3 N–H and O–H groups in total. The van der Waals surface area contributed by atoms with Gasteiger partial charge in [0.25, 0.3) is 5.56 Å². The number of hydrogen-bond donors (Lipinski definition) is 2. The first-order valence-electron chi connectivity index (χ1n) is 8.36. The maximum atomic E-state index is 13.0. The van der Waals surface area contributed by atoms with Crippen LogP contribution in [0.5, 0.6) is 0 Å². The van der Waals surface area contributed by atoms with E-state index < -0.39 is 12.1 Å². The van der Waals surface area contributed by atoms with E-state index >= 15 is 0 Å². The molecule has 3 aromatic rings. The Kier molecular flexibility index (Phi) is 3.19. The minimum absolute atomic E-state index is 0.146. The fourth-order valence-corrected chi connectivity index (χ4v) is 3.83. The lowest BCUT2D eigenvalue weighted by Crippen LogP contribution is -2.32. The molecule has 1 atom stereocenters. The number of ether oxygens (including phenoxy) is 1. The third kappa shape index (κ3) is 2.07. The first-order valence-corrected chi connectivity index (χ1v) is 8.36. The molecule has 5 rings (SSSR count). The summed E-state index contributed by atoms with van der Waals surface area (Å²) < 4.78 is 6.48. The largest absolute Gasteiger partial charge is 0.458 e. The van der Waals surface area contributed by atoms with Gasteiger partial charge in [0.2, 0.25) is 0 Å². The van der Waals surface area contributed by atoms with E-state index in [0.717, 1.165) is 22.0 Å². The van der Waals surface area contributed by atoms with Gasteiger partial charge in [0, 0.05) is 22.1 Å². The van der Waals surface area contributed by atoms with Crippen molar-refractivity contribution in [3.8, 4) is 11.4 Å². The maximum Gasteiger partial charge on any atom is 0.340 e. The van der Waals surface area contributed by atoms with Gasteiger partial charge in [0.05, 0.1) is 35.2 Å². The minimum Gasteiger partial charge on any atom is -0.458 e. The van der Waals surface area contributed by atoms with Gasteiger partial charge in [-0.15, -0.1) is 0 Å². The number of rotatable bonds is 1. The third-order valence-electron chi connectivity index (χ3n) is 5.11. The number of nitrogens with zero attached hydrogens (tertiary/aromatic N) is 3. The molecule has 0 saturated carbocycles. The van der Waals surface area contributed by atoms with Crippen molar-refractivity contribution in [2.75, 3.05) is 0 Å². The summed E-state index contributed by atoms with van der Waals surface area (Å²) in [5, 5.41) is 14.7. The van der Waals surface area contributed by atoms with Crippen LogP contribution in [0, 0.1) is 0 Å². The highest BCUT2D eigenvalue weighted by Crippen LogP contribution is 2.37. The number of aliphatic hydroxyl groups excluding tert-OH is 1. The number of fused-ring (bicyclic) bond motifs is 5. The molecule has 0 bridgehead atoms. The number of para-hydroxylation sites is 1. The van der Waals surface area contributed by atoms with Crippen molar-refractivity contribution in [2.45, 2.75) is 19.3 Å². The highest BCUT2D eigenvalue weighted by molar-refractivity contribution is 6.02. The van der Waals surface area contributed by atoms with E-state index in [1.807, 2.05) is 24.3 Å². The number of benzene rings is 1. The van der Waals surface area contributed by atoms with Crippen LogP contribution in [0.15, 0.2) is 40.2 Å². The molecule has 0 aliphatic carbocycles. The molecule has 1 unspecified atom stereocenters. The summed E-state index contributed by atoms with van der Waals surface area (Å²) in [4.78, 5) is 29.4. The number of hydrazone groups is 1. The number of carbonyl (C=O) groups is 1. The summed E-state index contributed by atoms with van der Waals surface area (Å²) in [6, 6.07) is 9.22. The standard InChI is InChI=1S/C19H14N4O4/c20-21-6-11-9-3-1-2-4-14(9)22-16-12(11)7-23-15(16)5-10-13(18(23)25)8-27-19(26)17(10)24/h1-6,17,24H,7-8,20H2/b21-6+. The normalized spacial score (nSPS) is 17.7. The number of pyridine rings is 2. The Morgan fingerprint density at radius 1 is 1.30 bits per heavy atom. The molecule has 8 nitrogen and oxygen atoms in total. The zero-order valence-electron chi connectivity index (χ0n) is 14.0. The molecule has 2 aliphatic heterocycles. The van der Waals surface area contributed by atoms with Gasteiger partial charge in [-0.05, 0) is 12.1 Å². The van der Waals surface area contributed by atoms with E-state index in [0.29, 0.717) is 17.9 Å². The van der Waals surface area contributed by atoms with Crippen molar-refractivity contribution >= 4 is 23.1 Å². The number of aromatic nitrogens is 2. The first-order chi connectivity index (χ1) is 13.1. The van der Waals surface area contributed by atoms with Crippen LogP contribution in [0.25, 0.3) is 22.3 Å². The molecular formula is C19H14N4O4. The van der Waals surface area contributed by atoms with Crippen molar-refractivity contribution in [3.05, 3.63) is 62.9 Å². The predicted molar refractivity (Wildman–Crippen MR) is 97.1 cm³/mol. The number of carbonyl (C=O) groups excluding carboxylic acids is 1. The Balaban J connectivity index is 1.84. The van der Waals surface area contributed by atoms with Gasteiger partial charge >= 0.3 is 5.97 Å². The summed E-state index contributed by atoms with van der Waals surface area (Å²) in [7, 11) is 0. The van der Waals surface area contributed by atoms with Crippen LogP contribution in [0.4, 0.5) is 0 Å². The number of aliphatic hydroxyl groups is 1. The lowest BCUT2D eigenvalue weighted by molar-refractivity contribution is -0.157. The smallest absolute Gasteiger partial charge is 0.340 e. The molecule has 2 aromatic heterocycles. The van der Waals surface area contributed by atoms with Gasteiger partial charge in [0.15, 0.2) is 6.10 Å². The minimum atomic E-state index is -1.47. The van der Waals surface area contributed by atoms with E-state index in [4.69, 9.17) is 15.6 Å². The topological polar surface area (TPSA) is 120 Å². The summed E-state index contributed by atoms with van der Waals surface area (Å²) in [6.07, 6.45) is 0.0863. The van der Waals surface area contributed by atoms with Gasteiger partial charge in [-0.2, -0.15) is 5.10 Å². The molecule has 134 valence electrons. The van der Waals surface area contributed by atoms with Crippen LogP contribution >= 0.6 is 0 Å². The average Bonchev–Trinajstić information content (AvgIpc) is 3.04. The highest BCUT2D eigenvalue weighted by Gasteiger charge is 2.34. The molecule has 4 heterocycles. The summed E-state index contributed by atoms with van der Waals surface area (Å²) in [6.45, 7) is 0.160. The predicted octanol–water partition coefficient (Wildman–Crippen LogP) is 0.808. The number of esters is 1. The highest BCUT2D eigenvalue weighted by atomic mass is 16.5. The van der Waals surface area contributed by atoms with E-state index in [1.54, 1.807) is 16.8 Å². The van der Waals surface area contributed by atoms with Crippen LogP contribution in [0.1, 0.15) is 28.4 Å². The molecule has 0 fully saturated rings. The van der Waals surface area contributed by atoms with Gasteiger partial charge in [-0.25, -0.2) is 9.78 Å². The van der Waals surface area contributed by atoms with E-state index in [9.17, 15) is 14.7 Å². The molecule has 0 saturated heterocycles. The Labute approximate surface area is 152 Å². The molecule has 0 radical (unpaired) electrons. The molecule has 8 heteroatoms. The maximum absolute atomic E-state index is 13.0. The molecule has 1 aromatic carbocycles. The average molecular weight is 362 g/mol. The molecule has 0 amide bonds. The fraction of sp³-hybridized carbons (Fsp3) is 0.158. The van der Waals surface area contributed by atoms with Crippen molar-refractivity contribution in [2.24, 2.45) is 10.9 Å². The third-order valence-corrected chi connectivity index (χ3v) is 5.11. The van der Waals surface area contributed by atoms with Crippen LogP contribution in [0.2, 0.25) is 0 Å². The zero-order valence-corrected chi connectivity index (χ0v) is 14.0. The van der Waals surface area contributed by atoms with E-state index in [2.05, 4.69) is 5.10 Å². The van der Waals surface area contributed by atoms with Crippen LogP contribution in [-0.2, 0) is 22.7 Å². The van der Waals surface area contributed by atoms with E-state index in [1.165, 1.54) is 0 Å². The Morgan fingerprint density at radius 2 is 2.11 bits per heavy atom. The van der Waals surface area contributed by atoms with Gasteiger partial charge < -0.3 is 20.3 Å². The SMILES string of the molecule is N/N=C/c1c2c(nc3ccccc13)-c1cc3c(c(=O)n1C2)COC(=O)C3O. The monoisotopic (exact) mass is 362 g/mol. The summed E-state index contributed by atoms with van der Waals surface area (Å²) >= 11 is 0. The summed E-state index contributed by atoms with van der Waals surface area (Å²) in [5.41, 5.74) is 3.80. The lowest BCUT2D eigenvalue weighted by atomic mass is 9.99. The number of nitrogens with two attached hydrogens (primary N) is 1. The second kappa shape index (κ2) is 5.49. The lowest BCUT2D eigenvalue weighted by Gasteiger charge is -2.21. The quantitative estimate of drug-likeness (QED) is 0.224. The zero-order chi connectivity index (χ0) is 18.7. The van der Waals surface area contributed by atoms with Crippen molar-refractivity contribution in [1.29, 1.82) is 0 Å². The Hall–Kier alpha value is -3.52. The fourth-order valence-electron chi connectivity index (χ4n) is 3.83. The van der Waals surface area contributed by atoms with Crippen LogP contribution in [0.3, 0.4) is 0 Å². The van der Waals surface area contributed by atoms with Crippen LogP contribution in [-0.4, -0.2) is 26.8 Å².